The van der Waals surface area contributed by atoms with E-state index < -0.39 is 56.9 Å². The summed E-state index contributed by atoms with van der Waals surface area (Å²) in [5, 5.41) is 9.14. The van der Waals surface area contributed by atoms with Crippen LogP contribution in [0, 0.1) is 0 Å². The lowest BCUT2D eigenvalue weighted by molar-refractivity contribution is -0.765. The number of rotatable bonds is 7. The molecule has 5 atom stereocenters. The molecule has 2 rings (SSSR count). The van der Waals surface area contributed by atoms with Gasteiger partial charge in [0.15, 0.2) is 18.5 Å². The van der Waals surface area contributed by atoms with E-state index in [4.69, 9.17) is 24.2 Å². The zero-order chi connectivity index (χ0) is 21.1. The number of carbonyl (C=O) groups excluding carboxylic acids is 2. The summed E-state index contributed by atoms with van der Waals surface area (Å²) < 4.78 is 32.4. The van der Waals surface area contributed by atoms with Crippen molar-refractivity contribution in [3.63, 3.8) is 0 Å². The van der Waals surface area contributed by atoms with Gasteiger partial charge in [-0.3, -0.25) is 14.2 Å². The number of hydrogen-bond donors (Lipinski definition) is 2. The molecule has 0 spiro atoms. The summed E-state index contributed by atoms with van der Waals surface area (Å²) in [4.78, 5) is 53.9. The van der Waals surface area contributed by atoms with Gasteiger partial charge < -0.3 is 33.6 Å². The lowest BCUT2D eigenvalue weighted by atomic mass is 10.1. The normalized spacial score (nSPS) is 26.3. The first-order chi connectivity index (χ1) is 13.0. The van der Waals surface area contributed by atoms with Gasteiger partial charge in [-0.15, -0.1) is 0 Å². The van der Waals surface area contributed by atoms with Crippen LogP contribution in [0.1, 0.15) is 30.4 Å². The molecular weight excluding hydrogens is 401 g/mol. The number of pyridine rings is 1. The van der Waals surface area contributed by atoms with Gasteiger partial charge in [0.25, 0.3) is 7.82 Å². The number of phosphoric ester groups is 1. The Hall–Kier alpha value is -2.37. The molecule has 12 nitrogen and oxygen atoms in total. The van der Waals surface area contributed by atoms with Gasteiger partial charge in [-0.1, -0.05) is 0 Å². The van der Waals surface area contributed by atoms with E-state index in [1.165, 1.54) is 29.1 Å². The number of hydrogen-bond acceptors (Lipinski definition) is 9. The second kappa shape index (κ2) is 8.76. The number of phosphoric acid groups is 1. The molecule has 1 aromatic heterocycles. The van der Waals surface area contributed by atoms with Crippen molar-refractivity contribution in [3.05, 3.63) is 30.1 Å². The maximum Gasteiger partial charge on any atom is 0.341 e. The van der Waals surface area contributed by atoms with Gasteiger partial charge in [-0.25, -0.2) is 4.79 Å². The van der Waals surface area contributed by atoms with Gasteiger partial charge in [0.1, 0.15) is 11.7 Å². The van der Waals surface area contributed by atoms with Gasteiger partial charge >= 0.3 is 24.1 Å². The summed E-state index contributed by atoms with van der Waals surface area (Å²) in [6, 6.07) is 2.72. The second-order valence-corrected chi connectivity index (χ2v) is 7.02. The van der Waals surface area contributed by atoms with Crippen LogP contribution in [-0.4, -0.2) is 52.8 Å². The van der Waals surface area contributed by atoms with E-state index >= 15 is 0 Å². The number of carboxylic acid groups (broad SMARTS) is 1. The smallest absolute Gasteiger partial charge is 0.341 e. The quantitative estimate of drug-likeness (QED) is 0.312. The van der Waals surface area contributed by atoms with Crippen molar-refractivity contribution in [2.75, 3.05) is 6.61 Å². The topological polar surface area (TPSA) is 173 Å². The van der Waals surface area contributed by atoms with Crippen molar-refractivity contribution in [2.24, 2.45) is 0 Å². The largest absolute Gasteiger partial charge is 0.756 e. The molecule has 1 unspecified atom stereocenters. The number of aromatic nitrogens is 1. The Morgan fingerprint density at radius 3 is 2.39 bits per heavy atom. The molecule has 2 heterocycles. The second-order valence-electron chi connectivity index (χ2n) is 5.82. The van der Waals surface area contributed by atoms with E-state index in [-0.39, 0.29) is 5.56 Å². The number of nitrogens with zero attached hydrogens (tertiary/aromatic N) is 1. The van der Waals surface area contributed by atoms with Crippen molar-refractivity contribution in [1.82, 2.24) is 0 Å². The molecule has 0 saturated carbocycles. The third-order valence-corrected chi connectivity index (χ3v) is 4.13. The van der Waals surface area contributed by atoms with E-state index in [2.05, 4.69) is 4.52 Å². The number of esters is 2. The van der Waals surface area contributed by atoms with Crippen LogP contribution in [0.3, 0.4) is 0 Å². The predicted octanol–water partition coefficient (Wildman–Crippen LogP) is -1.09. The molecule has 13 heteroatoms. The number of carbonyl (C=O) groups is 3. The predicted molar refractivity (Wildman–Crippen MR) is 84.4 cm³/mol. The molecule has 1 saturated heterocycles. The van der Waals surface area contributed by atoms with Crippen LogP contribution < -0.4 is 9.46 Å². The van der Waals surface area contributed by atoms with Crippen LogP contribution in [0.5, 0.6) is 0 Å². The van der Waals surface area contributed by atoms with E-state index in [0.29, 0.717) is 0 Å². The summed E-state index contributed by atoms with van der Waals surface area (Å²) in [5.41, 5.74) is -0.101. The minimum Gasteiger partial charge on any atom is -0.756 e. The molecule has 0 amide bonds. The van der Waals surface area contributed by atoms with Crippen LogP contribution in [0.15, 0.2) is 24.5 Å². The Balaban J connectivity index is 2.39. The van der Waals surface area contributed by atoms with Gasteiger partial charge in [0.05, 0.1) is 6.61 Å². The number of carboxylic acids is 1. The fourth-order valence-electron chi connectivity index (χ4n) is 2.68. The van der Waals surface area contributed by atoms with Crippen molar-refractivity contribution in [1.29, 1.82) is 0 Å². The van der Waals surface area contributed by atoms with Crippen LogP contribution >= 0.6 is 7.82 Å². The molecule has 0 radical (unpaired) electrons. The Bertz CT molecular complexity index is 807. The first kappa shape index (κ1) is 21.9. The molecule has 154 valence electrons. The first-order valence-corrected chi connectivity index (χ1v) is 9.40. The summed E-state index contributed by atoms with van der Waals surface area (Å²) in [6.45, 7) is 1.45. The molecule has 1 aliphatic rings. The summed E-state index contributed by atoms with van der Waals surface area (Å²) >= 11 is 0. The number of aromatic carboxylic acids is 1. The maximum absolute atomic E-state index is 11.5. The van der Waals surface area contributed by atoms with Gasteiger partial charge in [-0.05, 0) is 6.07 Å². The molecule has 2 N–H and O–H groups in total. The average molecular weight is 419 g/mol. The van der Waals surface area contributed by atoms with Crippen molar-refractivity contribution >= 4 is 25.7 Å². The molecule has 28 heavy (non-hydrogen) atoms. The Labute approximate surface area is 158 Å². The third-order valence-electron chi connectivity index (χ3n) is 3.65. The number of ether oxygens (including phenoxy) is 3. The SMILES string of the molecule is CC(=O)O[C@@H]1[C@H](OC(C)=O)[C@@H](COP(=O)([O-])O)O[C@H]1[n+]1cccc(C(=O)O)c1. The van der Waals surface area contributed by atoms with Gasteiger partial charge in [-0.2, -0.15) is 4.57 Å². The lowest BCUT2D eigenvalue weighted by Crippen LogP contribution is -2.48. The molecule has 0 aliphatic carbocycles. The highest BCUT2D eigenvalue weighted by Gasteiger charge is 2.54. The van der Waals surface area contributed by atoms with Gasteiger partial charge in [0, 0.05) is 19.9 Å². The summed E-state index contributed by atoms with van der Waals surface area (Å²) in [7, 11) is -5.10. The van der Waals surface area contributed by atoms with Crippen LogP contribution in [0.2, 0.25) is 0 Å². The standard InChI is InChI=1S/C15H18NO11P/c1-8(17)25-12-11(7-24-28(21,22)23)27-14(13(12)26-9(2)18)16-5-3-4-10(6-16)15(19)20/h3-6,11-14H,7H2,1-2H3,(H2-,19,20,21,22,23)/t11-,12-,13-,14-/m1/s1. The molecular formula is C15H18NO11P. The van der Waals surface area contributed by atoms with Crippen molar-refractivity contribution < 1.29 is 57.1 Å². The summed E-state index contributed by atoms with van der Waals surface area (Å²) in [5.74, 6) is -2.74. The van der Waals surface area contributed by atoms with Crippen LogP contribution in [0.25, 0.3) is 0 Å². The van der Waals surface area contributed by atoms with Crippen LogP contribution in [0.4, 0.5) is 0 Å². The Kier molecular flexibility index (Phi) is 6.86. The minimum atomic E-state index is -5.10. The molecule has 0 aromatic carbocycles. The molecule has 0 bridgehead atoms. The van der Waals surface area contributed by atoms with Gasteiger partial charge in [0.2, 0.25) is 6.10 Å². The highest BCUT2D eigenvalue weighted by molar-refractivity contribution is 7.44. The van der Waals surface area contributed by atoms with E-state index in [1.807, 2.05) is 0 Å². The zero-order valence-electron chi connectivity index (χ0n) is 14.8. The van der Waals surface area contributed by atoms with E-state index in [9.17, 15) is 23.8 Å². The highest BCUT2D eigenvalue weighted by Crippen LogP contribution is 2.36. The first-order valence-electron chi connectivity index (χ1n) is 7.90. The lowest BCUT2D eigenvalue weighted by Gasteiger charge is -2.23. The van der Waals surface area contributed by atoms with Crippen molar-refractivity contribution in [3.8, 4) is 0 Å². The van der Waals surface area contributed by atoms with E-state index in [0.717, 1.165) is 13.8 Å². The fraction of sp³-hybridized carbons (Fsp3) is 0.467. The zero-order valence-corrected chi connectivity index (χ0v) is 15.7. The maximum atomic E-state index is 11.5. The Morgan fingerprint density at radius 1 is 1.25 bits per heavy atom. The molecule has 1 fully saturated rings. The monoisotopic (exact) mass is 419 g/mol. The highest BCUT2D eigenvalue weighted by atomic mass is 31.2. The third kappa shape index (κ3) is 5.81. The molecule has 1 aromatic rings. The fourth-order valence-corrected chi connectivity index (χ4v) is 3.01. The molecule has 1 aliphatic heterocycles. The van der Waals surface area contributed by atoms with Crippen molar-refractivity contribution in [2.45, 2.75) is 38.4 Å². The summed E-state index contributed by atoms with van der Waals surface area (Å²) in [6.07, 6.45) is -2.30. The van der Waals surface area contributed by atoms with Crippen LogP contribution in [-0.2, 0) is 32.9 Å². The average Bonchev–Trinajstić information content (AvgIpc) is 2.89. The van der Waals surface area contributed by atoms with E-state index in [1.54, 1.807) is 0 Å². The Morgan fingerprint density at radius 2 is 1.86 bits per heavy atom. The minimum absolute atomic E-state index is 0.101.